The van der Waals surface area contributed by atoms with Gasteiger partial charge in [-0.3, -0.25) is 0 Å². The Labute approximate surface area is 74.5 Å². The first-order chi connectivity index (χ1) is 5.92. The summed E-state index contributed by atoms with van der Waals surface area (Å²) in [5.41, 5.74) is 0. The van der Waals surface area contributed by atoms with Crippen LogP contribution in [0.2, 0.25) is 0 Å². The molecule has 0 atom stereocenters. The first-order valence-electron chi connectivity index (χ1n) is 3.69. The number of hydrogen-bond donors (Lipinski definition) is 0. The van der Waals surface area contributed by atoms with E-state index in [1.54, 1.807) is 0 Å². The van der Waals surface area contributed by atoms with Crippen LogP contribution >= 0.6 is 0 Å². The fraction of sp³-hybridized carbons (Fsp3) is 0. The second-order valence-electron chi connectivity index (χ2n) is 2.56. The van der Waals surface area contributed by atoms with E-state index in [0.717, 1.165) is 15.7 Å². The third-order valence-electron chi connectivity index (χ3n) is 1.84. The zero-order valence-corrected chi connectivity index (χ0v) is 7.17. The molecule has 2 aromatic carbocycles. The average molecular weight is 175 g/mol. The molecule has 0 aliphatic rings. The Morgan fingerprint density at radius 3 is 2.50 bits per heavy atom. The molecule has 0 N–H and O–H groups in total. The van der Waals surface area contributed by atoms with Crippen LogP contribution < -0.4 is 0 Å². The van der Waals surface area contributed by atoms with Gasteiger partial charge >= 0.3 is 11.7 Å². The molecule has 0 radical (unpaired) electrons. The quantitative estimate of drug-likeness (QED) is 0.609. The third-order valence-corrected chi connectivity index (χ3v) is 2.37. The maximum absolute atomic E-state index is 10.7. The van der Waals surface area contributed by atoms with Crippen molar-refractivity contribution in [2.45, 2.75) is 4.90 Å². The lowest BCUT2D eigenvalue weighted by Crippen LogP contribution is -1.77. The zero-order chi connectivity index (χ0) is 8.39. The Morgan fingerprint density at radius 2 is 1.67 bits per heavy atom. The number of hydrogen-bond acceptors (Lipinski definition) is 1. The van der Waals surface area contributed by atoms with E-state index in [1.807, 2.05) is 42.5 Å². The minimum absolute atomic E-state index is 0.548. The van der Waals surface area contributed by atoms with Gasteiger partial charge in [-0.2, -0.15) is 0 Å². The minimum atomic E-state index is 0.548. The van der Waals surface area contributed by atoms with Crippen LogP contribution in [0.5, 0.6) is 0 Å². The van der Waals surface area contributed by atoms with E-state index in [0.29, 0.717) is 11.7 Å². The van der Waals surface area contributed by atoms with Crippen molar-refractivity contribution in [2.24, 2.45) is 0 Å². The minimum Gasteiger partial charge on any atom is -0.0616 e. The molecule has 0 unspecified atom stereocenters. The van der Waals surface area contributed by atoms with E-state index in [1.165, 1.54) is 0 Å². The fourth-order valence-electron chi connectivity index (χ4n) is 1.27. The highest BCUT2D eigenvalue weighted by Gasteiger charge is 2.09. The molecular weight excluding hydrogens is 168 g/mol. The van der Waals surface area contributed by atoms with E-state index in [2.05, 4.69) is 0 Å². The molecular formula is C10H7OS+. The third kappa shape index (κ3) is 1.10. The normalized spacial score (nSPS) is 10.0. The van der Waals surface area contributed by atoms with Crippen LogP contribution in [-0.4, -0.2) is 0 Å². The van der Waals surface area contributed by atoms with Crippen LogP contribution in [0.25, 0.3) is 10.8 Å². The number of rotatable bonds is 1. The molecule has 0 saturated heterocycles. The molecule has 0 heterocycles. The van der Waals surface area contributed by atoms with E-state index in [-0.39, 0.29) is 0 Å². The summed E-state index contributed by atoms with van der Waals surface area (Å²) in [6.07, 6.45) is 0. The summed E-state index contributed by atoms with van der Waals surface area (Å²) in [4.78, 5) is 0.799. The van der Waals surface area contributed by atoms with Gasteiger partial charge in [0.05, 0.1) is 5.39 Å². The molecule has 2 rings (SSSR count). The molecule has 0 saturated carbocycles. The standard InChI is InChI=1S/C10H7OS/c11-12-10-7-3-5-8-4-1-2-6-9(8)10/h1-7H/q+1. The van der Waals surface area contributed by atoms with E-state index in [9.17, 15) is 4.21 Å². The molecule has 0 bridgehead atoms. The lowest BCUT2D eigenvalue weighted by molar-refractivity contribution is 0.605. The highest BCUT2D eigenvalue weighted by Crippen LogP contribution is 2.17. The lowest BCUT2D eigenvalue weighted by Gasteiger charge is -1.91. The monoisotopic (exact) mass is 175 g/mol. The second kappa shape index (κ2) is 2.99. The van der Waals surface area contributed by atoms with Gasteiger partial charge in [-0.25, -0.2) is 0 Å². The maximum atomic E-state index is 10.7. The Balaban J connectivity index is 2.88. The number of fused-ring (bicyclic) bond motifs is 1. The van der Waals surface area contributed by atoms with Gasteiger partial charge in [0, 0.05) is 10.3 Å². The summed E-state index contributed by atoms with van der Waals surface area (Å²) in [6.45, 7) is 0. The van der Waals surface area contributed by atoms with Crippen LogP contribution in [0, 0.1) is 0 Å². The van der Waals surface area contributed by atoms with Gasteiger partial charge < -0.3 is 0 Å². The largest absolute Gasteiger partial charge is 0.505 e. The Kier molecular flexibility index (Phi) is 1.84. The van der Waals surface area contributed by atoms with E-state index in [4.69, 9.17) is 0 Å². The van der Waals surface area contributed by atoms with Crippen LogP contribution in [0.3, 0.4) is 0 Å². The zero-order valence-electron chi connectivity index (χ0n) is 6.36. The maximum Gasteiger partial charge on any atom is 0.505 e. The van der Waals surface area contributed by atoms with Crippen molar-refractivity contribution >= 4 is 22.4 Å². The molecule has 0 amide bonds. The summed E-state index contributed by atoms with van der Waals surface area (Å²) in [5.74, 6) is 0. The predicted octanol–water partition coefficient (Wildman–Crippen LogP) is 2.63. The van der Waals surface area contributed by atoms with Crippen molar-refractivity contribution in [2.75, 3.05) is 0 Å². The van der Waals surface area contributed by atoms with Crippen molar-refractivity contribution in [3.05, 3.63) is 42.5 Å². The Bertz CT molecular complexity index is 418. The summed E-state index contributed by atoms with van der Waals surface area (Å²) in [6, 6.07) is 13.7. The van der Waals surface area contributed by atoms with Crippen LogP contribution in [0.15, 0.2) is 47.4 Å². The number of benzene rings is 2. The summed E-state index contributed by atoms with van der Waals surface area (Å²) < 4.78 is 10.7. The van der Waals surface area contributed by atoms with E-state index >= 15 is 0 Å². The van der Waals surface area contributed by atoms with Crippen molar-refractivity contribution < 1.29 is 4.21 Å². The topological polar surface area (TPSA) is 17.1 Å². The van der Waals surface area contributed by atoms with Gasteiger partial charge in [-0.1, -0.05) is 30.3 Å². The molecule has 1 nitrogen and oxygen atoms in total. The predicted molar refractivity (Wildman–Crippen MR) is 50.3 cm³/mol. The molecule has 0 aromatic heterocycles. The van der Waals surface area contributed by atoms with Gasteiger partial charge in [0.2, 0.25) is 0 Å². The molecule has 2 aromatic rings. The Morgan fingerprint density at radius 1 is 0.917 bits per heavy atom. The molecule has 0 spiro atoms. The smallest absolute Gasteiger partial charge is 0.0616 e. The van der Waals surface area contributed by atoms with Gasteiger partial charge in [0.15, 0.2) is 0 Å². The molecule has 12 heavy (non-hydrogen) atoms. The van der Waals surface area contributed by atoms with Gasteiger partial charge in [-0.15, -0.1) is 0 Å². The van der Waals surface area contributed by atoms with Crippen LogP contribution in [-0.2, 0) is 15.9 Å². The van der Waals surface area contributed by atoms with Crippen LogP contribution in [0.4, 0.5) is 0 Å². The van der Waals surface area contributed by atoms with Crippen molar-refractivity contribution in [3.63, 3.8) is 0 Å². The lowest BCUT2D eigenvalue weighted by atomic mass is 10.1. The first kappa shape index (κ1) is 7.37. The van der Waals surface area contributed by atoms with Crippen molar-refractivity contribution in [1.29, 1.82) is 0 Å². The van der Waals surface area contributed by atoms with Gasteiger partial charge in [0.1, 0.15) is 0 Å². The highest BCUT2D eigenvalue weighted by atomic mass is 32.1. The van der Waals surface area contributed by atoms with Gasteiger partial charge in [-0.05, 0) is 11.5 Å². The van der Waals surface area contributed by atoms with Crippen LogP contribution in [0.1, 0.15) is 0 Å². The average Bonchev–Trinajstić information content (AvgIpc) is 2.17. The molecule has 0 fully saturated rings. The fourth-order valence-corrected chi connectivity index (χ4v) is 1.68. The molecule has 58 valence electrons. The molecule has 0 aliphatic carbocycles. The van der Waals surface area contributed by atoms with Crippen molar-refractivity contribution in [1.82, 2.24) is 0 Å². The summed E-state index contributed by atoms with van der Waals surface area (Å²) in [5, 5.41) is 2.17. The molecule has 0 aliphatic heterocycles. The van der Waals surface area contributed by atoms with E-state index < -0.39 is 0 Å². The Hall–Kier alpha value is -1.28. The highest BCUT2D eigenvalue weighted by molar-refractivity contribution is 7.65. The SMILES string of the molecule is O=[S+]c1cccc2ccccc12. The van der Waals surface area contributed by atoms with Crippen molar-refractivity contribution in [3.8, 4) is 0 Å². The second-order valence-corrected chi connectivity index (χ2v) is 3.17. The summed E-state index contributed by atoms with van der Waals surface area (Å²) in [7, 11) is 0. The molecule has 2 heteroatoms. The summed E-state index contributed by atoms with van der Waals surface area (Å²) >= 11 is 0.548. The van der Waals surface area contributed by atoms with Gasteiger partial charge in [0.25, 0.3) is 4.90 Å². The first-order valence-corrected chi connectivity index (χ1v) is 4.43.